The normalized spacial score (nSPS) is 10.6. The van der Waals surface area contributed by atoms with Crippen molar-refractivity contribution in [3.63, 3.8) is 0 Å². The molecule has 0 aliphatic heterocycles. The zero-order valence-corrected chi connectivity index (χ0v) is 15.2. The van der Waals surface area contributed by atoms with Gasteiger partial charge in [-0.1, -0.05) is 38.1 Å². The molecule has 0 spiro atoms. The lowest BCUT2D eigenvalue weighted by atomic mass is 10.1. The number of nitrogens with zero attached hydrogens (tertiary/aromatic N) is 1. The van der Waals surface area contributed by atoms with Crippen LogP contribution in [0.3, 0.4) is 0 Å². The van der Waals surface area contributed by atoms with E-state index in [1.54, 1.807) is 18.2 Å². The Hall–Kier alpha value is -2.69. The standard InChI is InChI=1S/C20H25N3O2/c1-13(2)11-12-21-19(24)16-9-6-10-17(22-16)20(25)23-18-14(3)7-5-8-15(18)4/h5-10,13H,11-12H2,1-4H3,(H,21,24)(H,23,25). The lowest BCUT2D eigenvalue weighted by Crippen LogP contribution is -2.27. The molecule has 1 aromatic heterocycles. The van der Waals surface area contributed by atoms with E-state index in [0.717, 1.165) is 23.2 Å². The average molecular weight is 339 g/mol. The highest BCUT2D eigenvalue weighted by Gasteiger charge is 2.14. The second kappa shape index (κ2) is 8.42. The molecule has 0 atom stereocenters. The molecule has 1 aromatic carbocycles. The second-order valence-electron chi connectivity index (χ2n) is 6.57. The van der Waals surface area contributed by atoms with E-state index in [2.05, 4.69) is 29.5 Å². The smallest absolute Gasteiger partial charge is 0.274 e. The first kappa shape index (κ1) is 18.6. The van der Waals surface area contributed by atoms with E-state index in [1.165, 1.54) is 0 Å². The molecule has 0 saturated carbocycles. The van der Waals surface area contributed by atoms with Crippen LogP contribution in [-0.4, -0.2) is 23.3 Å². The van der Waals surface area contributed by atoms with Crippen LogP contribution in [0.4, 0.5) is 5.69 Å². The molecule has 0 aliphatic carbocycles. The van der Waals surface area contributed by atoms with Gasteiger partial charge >= 0.3 is 0 Å². The molecule has 0 radical (unpaired) electrons. The van der Waals surface area contributed by atoms with Gasteiger partial charge in [0.1, 0.15) is 11.4 Å². The van der Waals surface area contributed by atoms with E-state index in [1.807, 2.05) is 32.0 Å². The summed E-state index contributed by atoms with van der Waals surface area (Å²) in [6, 6.07) is 10.7. The van der Waals surface area contributed by atoms with E-state index < -0.39 is 0 Å². The van der Waals surface area contributed by atoms with Crippen LogP contribution in [0.1, 0.15) is 52.4 Å². The zero-order chi connectivity index (χ0) is 18.4. The Morgan fingerprint density at radius 3 is 2.12 bits per heavy atom. The summed E-state index contributed by atoms with van der Waals surface area (Å²) in [6.07, 6.45) is 0.901. The lowest BCUT2D eigenvalue weighted by Gasteiger charge is -2.11. The maximum atomic E-state index is 12.5. The molecule has 2 rings (SSSR count). The number of hydrogen-bond donors (Lipinski definition) is 2. The molecule has 25 heavy (non-hydrogen) atoms. The van der Waals surface area contributed by atoms with Crippen LogP contribution in [0.2, 0.25) is 0 Å². The first-order chi connectivity index (χ1) is 11.9. The third-order valence-electron chi connectivity index (χ3n) is 3.94. The number of para-hydroxylation sites is 1. The van der Waals surface area contributed by atoms with Gasteiger partial charge in [0.15, 0.2) is 0 Å². The molecule has 2 aromatic rings. The molecular weight excluding hydrogens is 314 g/mol. The van der Waals surface area contributed by atoms with Gasteiger partial charge in [0.2, 0.25) is 0 Å². The van der Waals surface area contributed by atoms with Gasteiger partial charge in [-0.25, -0.2) is 4.98 Å². The number of rotatable bonds is 6. The summed E-state index contributed by atoms with van der Waals surface area (Å²) in [5, 5.41) is 5.72. The predicted octanol–water partition coefficient (Wildman–Crippen LogP) is 3.73. The van der Waals surface area contributed by atoms with E-state index in [0.29, 0.717) is 12.5 Å². The zero-order valence-electron chi connectivity index (χ0n) is 15.2. The minimum Gasteiger partial charge on any atom is -0.351 e. The van der Waals surface area contributed by atoms with E-state index in [9.17, 15) is 9.59 Å². The van der Waals surface area contributed by atoms with Gasteiger partial charge in [0.25, 0.3) is 11.8 Å². The molecule has 5 nitrogen and oxygen atoms in total. The summed E-state index contributed by atoms with van der Waals surface area (Å²) >= 11 is 0. The highest BCUT2D eigenvalue weighted by atomic mass is 16.2. The number of anilines is 1. The van der Waals surface area contributed by atoms with Gasteiger partial charge in [0.05, 0.1) is 0 Å². The lowest BCUT2D eigenvalue weighted by molar-refractivity contribution is 0.0947. The summed E-state index contributed by atoms with van der Waals surface area (Å²) in [7, 11) is 0. The quantitative estimate of drug-likeness (QED) is 0.842. The Kier molecular flexibility index (Phi) is 6.28. The number of hydrogen-bond acceptors (Lipinski definition) is 3. The predicted molar refractivity (Wildman–Crippen MR) is 99.9 cm³/mol. The summed E-state index contributed by atoms with van der Waals surface area (Å²) in [4.78, 5) is 28.9. The number of pyridine rings is 1. The molecule has 1 heterocycles. The van der Waals surface area contributed by atoms with E-state index >= 15 is 0 Å². The molecule has 2 amide bonds. The number of carbonyl (C=O) groups excluding carboxylic acids is 2. The Morgan fingerprint density at radius 1 is 0.960 bits per heavy atom. The topological polar surface area (TPSA) is 71.1 Å². The van der Waals surface area contributed by atoms with Gasteiger partial charge < -0.3 is 10.6 Å². The van der Waals surface area contributed by atoms with Gasteiger partial charge in [-0.05, 0) is 49.4 Å². The third-order valence-corrected chi connectivity index (χ3v) is 3.94. The number of nitrogens with one attached hydrogen (secondary N) is 2. The van der Waals surface area contributed by atoms with E-state index in [-0.39, 0.29) is 23.2 Å². The Labute approximate surface area is 148 Å². The van der Waals surface area contributed by atoms with Crippen LogP contribution < -0.4 is 10.6 Å². The summed E-state index contributed by atoms with van der Waals surface area (Å²) in [5.74, 6) is -0.0701. The van der Waals surface area contributed by atoms with Crippen LogP contribution in [0, 0.1) is 19.8 Å². The minimum atomic E-state index is -0.325. The van der Waals surface area contributed by atoms with Gasteiger partial charge in [-0.2, -0.15) is 0 Å². The van der Waals surface area contributed by atoms with Gasteiger partial charge in [-0.15, -0.1) is 0 Å². The van der Waals surface area contributed by atoms with Crippen molar-refractivity contribution < 1.29 is 9.59 Å². The fourth-order valence-electron chi connectivity index (χ4n) is 2.44. The molecular formula is C20H25N3O2. The number of aryl methyl sites for hydroxylation is 2. The average Bonchev–Trinajstić information content (AvgIpc) is 2.58. The van der Waals surface area contributed by atoms with Crippen molar-refractivity contribution in [1.29, 1.82) is 0 Å². The molecule has 0 bridgehead atoms. The summed E-state index contributed by atoms with van der Waals surface area (Å²) in [5.41, 5.74) is 3.21. The van der Waals surface area contributed by atoms with Crippen molar-refractivity contribution in [2.45, 2.75) is 34.1 Å². The number of carbonyl (C=O) groups is 2. The summed E-state index contributed by atoms with van der Waals surface area (Å²) in [6.45, 7) is 8.67. The third kappa shape index (κ3) is 5.14. The monoisotopic (exact) mass is 339 g/mol. The summed E-state index contributed by atoms with van der Waals surface area (Å²) < 4.78 is 0. The number of amides is 2. The van der Waals surface area contributed by atoms with Crippen LogP contribution in [0.5, 0.6) is 0 Å². The number of benzene rings is 1. The Bertz CT molecular complexity index is 749. The fraction of sp³-hybridized carbons (Fsp3) is 0.350. The van der Waals surface area contributed by atoms with Crippen LogP contribution in [-0.2, 0) is 0 Å². The molecule has 132 valence electrons. The molecule has 5 heteroatoms. The highest BCUT2D eigenvalue weighted by Crippen LogP contribution is 2.20. The van der Waals surface area contributed by atoms with Crippen LogP contribution in [0.15, 0.2) is 36.4 Å². The molecule has 0 fully saturated rings. The van der Waals surface area contributed by atoms with Crippen molar-refractivity contribution >= 4 is 17.5 Å². The van der Waals surface area contributed by atoms with Gasteiger partial charge in [0, 0.05) is 12.2 Å². The first-order valence-corrected chi connectivity index (χ1v) is 8.51. The van der Waals surface area contributed by atoms with Crippen molar-refractivity contribution in [1.82, 2.24) is 10.3 Å². The first-order valence-electron chi connectivity index (χ1n) is 8.51. The minimum absolute atomic E-state index is 0.221. The fourth-order valence-corrected chi connectivity index (χ4v) is 2.44. The second-order valence-corrected chi connectivity index (χ2v) is 6.57. The van der Waals surface area contributed by atoms with Crippen molar-refractivity contribution in [2.24, 2.45) is 5.92 Å². The SMILES string of the molecule is Cc1cccc(C)c1NC(=O)c1cccc(C(=O)NCCC(C)C)n1. The van der Waals surface area contributed by atoms with Gasteiger partial charge in [-0.3, -0.25) is 9.59 Å². The van der Waals surface area contributed by atoms with Crippen LogP contribution >= 0.6 is 0 Å². The molecule has 0 saturated heterocycles. The maximum absolute atomic E-state index is 12.5. The largest absolute Gasteiger partial charge is 0.351 e. The highest BCUT2D eigenvalue weighted by molar-refractivity contribution is 6.04. The van der Waals surface area contributed by atoms with E-state index in [4.69, 9.17) is 0 Å². The Balaban J connectivity index is 2.10. The van der Waals surface area contributed by atoms with Crippen molar-refractivity contribution in [3.05, 3.63) is 58.9 Å². The number of aromatic nitrogens is 1. The van der Waals surface area contributed by atoms with Crippen LogP contribution in [0.25, 0.3) is 0 Å². The Morgan fingerprint density at radius 2 is 1.52 bits per heavy atom. The maximum Gasteiger partial charge on any atom is 0.274 e. The molecule has 0 unspecified atom stereocenters. The molecule has 0 aliphatic rings. The van der Waals surface area contributed by atoms with Crippen molar-refractivity contribution in [2.75, 3.05) is 11.9 Å². The molecule has 2 N–H and O–H groups in total. The van der Waals surface area contributed by atoms with Crippen molar-refractivity contribution in [3.8, 4) is 0 Å².